The first-order valence-corrected chi connectivity index (χ1v) is 10.0. The van der Waals surface area contributed by atoms with E-state index in [9.17, 15) is 9.59 Å². The Morgan fingerprint density at radius 1 is 0.964 bits per heavy atom. The van der Waals surface area contributed by atoms with Gasteiger partial charge in [0.2, 0.25) is 5.91 Å². The van der Waals surface area contributed by atoms with Crippen LogP contribution in [-0.2, 0) is 11.2 Å². The predicted octanol–water partition coefficient (Wildman–Crippen LogP) is 4.69. The van der Waals surface area contributed by atoms with Crippen LogP contribution in [0.2, 0.25) is 5.02 Å². The second-order valence-corrected chi connectivity index (χ2v) is 6.93. The lowest BCUT2D eigenvalue weighted by Crippen LogP contribution is -2.41. The second kappa shape index (κ2) is 12.0. The second-order valence-electron chi connectivity index (χ2n) is 6.53. The highest BCUT2D eigenvalue weighted by Crippen LogP contribution is 2.16. The molecule has 6 heteroatoms. The minimum Gasteiger partial charge on any atom is -0.494 e. The fourth-order valence-electron chi connectivity index (χ4n) is 2.63. The van der Waals surface area contributed by atoms with Gasteiger partial charge in [0.25, 0.3) is 5.91 Å². The summed E-state index contributed by atoms with van der Waals surface area (Å²) in [6.07, 6.45) is 5.33. The van der Waals surface area contributed by atoms with Crippen LogP contribution in [0.4, 0.5) is 0 Å². The Morgan fingerprint density at radius 2 is 1.71 bits per heavy atom. The zero-order chi connectivity index (χ0) is 20.2. The fraction of sp³-hybridized carbons (Fsp3) is 0.364. The van der Waals surface area contributed by atoms with Gasteiger partial charge in [0, 0.05) is 17.0 Å². The number of nitrogens with one attached hydrogen (secondary N) is 2. The largest absolute Gasteiger partial charge is 0.494 e. The molecule has 0 saturated heterocycles. The summed E-state index contributed by atoms with van der Waals surface area (Å²) in [6.45, 7) is 2.85. The molecule has 5 nitrogen and oxygen atoms in total. The Bertz CT molecular complexity index is 763. The maximum Gasteiger partial charge on any atom is 0.269 e. The zero-order valence-electron chi connectivity index (χ0n) is 16.2. The molecule has 0 bridgehead atoms. The van der Waals surface area contributed by atoms with Crippen molar-refractivity contribution < 1.29 is 14.3 Å². The average molecular weight is 403 g/mol. The molecular weight excluding hydrogens is 376 g/mol. The molecule has 0 aliphatic heterocycles. The SMILES string of the molecule is CCCCCCOc1ccc(C(=O)NNC(=O)CCc2ccccc2Cl)cc1. The number of hydrazine groups is 1. The lowest BCUT2D eigenvalue weighted by molar-refractivity contribution is -0.121. The summed E-state index contributed by atoms with van der Waals surface area (Å²) in [7, 11) is 0. The van der Waals surface area contributed by atoms with Crippen molar-refractivity contribution in [3.05, 3.63) is 64.7 Å². The number of unbranched alkanes of at least 4 members (excludes halogenated alkanes) is 3. The number of hydrogen-bond acceptors (Lipinski definition) is 3. The maximum absolute atomic E-state index is 12.1. The van der Waals surface area contributed by atoms with Gasteiger partial charge in [-0.3, -0.25) is 20.4 Å². The van der Waals surface area contributed by atoms with Crippen molar-refractivity contribution in [3.8, 4) is 5.75 Å². The molecule has 150 valence electrons. The smallest absolute Gasteiger partial charge is 0.269 e. The molecule has 2 aromatic carbocycles. The minimum absolute atomic E-state index is 0.231. The van der Waals surface area contributed by atoms with Crippen LogP contribution in [0.1, 0.15) is 54.9 Å². The van der Waals surface area contributed by atoms with Gasteiger partial charge in [-0.15, -0.1) is 0 Å². The molecule has 28 heavy (non-hydrogen) atoms. The van der Waals surface area contributed by atoms with E-state index in [-0.39, 0.29) is 18.2 Å². The number of benzene rings is 2. The highest BCUT2D eigenvalue weighted by molar-refractivity contribution is 6.31. The van der Waals surface area contributed by atoms with E-state index in [0.29, 0.717) is 23.6 Å². The normalized spacial score (nSPS) is 10.4. The number of carbonyl (C=O) groups is 2. The van der Waals surface area contributed by atoms with Gasteiger partial charge in [0.05, 0.1) is 6.61 Å². The van der Waals surface area contributed by atoms with Crippen molar-refractivity contribution >= 4 is 23.4 Å². The molecule has 0 atom stereocenters. The molecule has 0 aliphatic rings. The van der Waals surface area contributed by atoms with E-state index >= 15 is 0 Å². The molecular formula is C22H27ClN2O3. The summed E-state index contributed by atoms with van der Waals surface area (Å²) >= 11 is 6.07. The van der Waals surface area contributed by atoms with Gasteiger partial charge in [-0.05, 0) is 48.7 Å². The summed E-state index contributed by atoms with van der Waals surface area (Å²) in [6, 6.07) is 14.2. The van der Waals surface area contributed by atoms with E-state index in [1.165, 1.54) is 12.8 Å². The number of rotatable bonds is 10. The number of aryl methyl sites for hydroxylation is 1. The Hall–Kier alpha value is -2.53. The highest BCUT2D eigenvalue weighted by atomic mass is 35.5. The Balaban J connectivity index is 1.70. The first kappa shape index (κ1) is 21.8. The van der Waals surface area contributed by atoms with Crippen LogP contribution in [-0.4, -0.2) is 18.4 Å². The van der Waals surface area contributed by atoms with Crippen LogP contribution in [0, 0.1) is 0 Å². The predicted molar refractivity (Wildman–Crippen MR) is 111 cm³/mol. The van der Waals surface area contributed by atoms with E-state index in [2.05, 4.69) is 17.8 Å². The number of carbonyl (C=O) groups excluding carboxylic acids is 2. The van der Waals surface area contributed by atoms with Crippen molar-refractivity contribution in [2.75, 3.05) is 6.61 Å². The van der Waals surface area contributed by atoms with Crippen LogP contribution < -0.4 is 15.6 Å². The van der Waals surface area contributed by atoms with Crippen molar-refractivity contribution in [2.45, 2.75) is 45.4 Å². The van der Waals surface area contributed by atoms with Crippen LogP contribution in [0.15, 0.2) is 48.5 Å². The topological polar surface area (TPSA) is 67.4 Å². The summed E-state index contributed by atoms with van der Waals surface area (Å²) in [4.78, 5) is 24.1. The maximum atomic E-state index is 12.1. The number of ether oxygens (including phenoxy) is 1. The van der Waals surface area contributed by atoms with Crippen LogP contribution in [0.5, 0.6) is 5.75 Å². The van der Waals surface area contributed by atoms with Gasteiger partial charge in [-0.2, -0.15) is 0 Å². The summed E-state index contributed by atoms with van der Waals surface area (Å²) in [5, 5.41) is 0.631. The van der Waals surface area contributed by atoms with Gasteiger partial charge in [0.15, 0.2) is 0 Å². The average Bonchev–Trinajstić information content (AvgIpc) is 2.71. The fourth-order valence-corrected chi connectivity index (χ4v) is 2.86. The third kappa shape index (κ3) is 7.61. The summed E-state index contributed by atoms with van der Waals surface area (Å²) < 4.78 is 5.66. The molecule has 0 unspecified atom stereocenters. The van der Waals surface area contributed by atoms with Crippen LogP contribution in [0.3, 0.4) is 0 Å². The Kier molecular flexibility index (Phi) is 9.35. The zero-order valence-corrected chi connectivity index (χ0v) is 16.9. The Labute approximate surface area is 171 Å². The van der Waals surface area contributed by atoms with Gasteiger partial charge in [-0.1, -0.05) is 56.0 Å². The van der Waals surface area contributed by atoms with E-state index < -0.39 is 0 Å². The van der Waals surface area contributed by atoms with Crippen molar-refractivity contribution in [3.63, 3.8) is 0 Å². The molecule has 0 saturated carbocycles. The highest BCUT2D eigenvalue weighted by Gasteiger charge is 2.09. The molecule has 0 heterocycles. The number of hydrogen-bond donors (Lipinski definition) is 2. The third-order valence-electron chi connectivity index (χ3n) is 4.28. The third-order valence-corrected chi connectivity index (χ3v) is 4.65. The van der Waals surface area contributed by atoms with Crippen molar-refractivity contribution in [1.82, 2.24) is 10.9 Å². The molecule has 0 fully saturated rings. The first-order chi connectivity index (χ1) is 13.6. The standard InChI is InChI=1S/C22H27ClN2O3/c1-2-3-4-7-16-28-19-13-10-18(11-14-19)22(27)25-24-21(26)15-12-17-8-5-6-9-20(17)23/h5-6,8-11,13-14H,2-4,7,12,15-16H2,1H3,(H,24,26)(H,25,27). The van der Waals surface area contributed by atoms with E-state index in [4.69, 9.17) is 16.3 Å². The molecule has 0 aliphatic carbocycles. The van der Waals surface area contributed by atoms with Gasteiger partial charge >= 0.3 is 0 Å². The number of halogens is 1. The molecule has 0 radical (unpaired) electrons. The molecule has 2 amide bonds. The van der Waals surface area contributed by atoms with Crippen molar-refractivity contribution in [2.24, 2.45) is 0 Å². The van der Waals surface area contributed by atoms with Gasteiger partial charge < -0.3 is 4.74 Å². The quantitative estimate of drug-likeness (QED) is 0.447. The van der Waals surface area contributed by atoms with Crippen LogP contribution in [0.25, 0.3) is 0 Å². The Morgan fingerprint density at radius 3 is 2.43 bits per heavy atom. The molecule has 2 aromatic rings. The first-order valence-electron chi connectivity index (χ1n) is 9.65. The minimum atomic E-state index is -0.374. The van der Waals surface area contributed by atoms with E-state index in [0.717, 1.165) is 24.2 Å². The van der Waals surface area contributed by atoms with Crippen molar-refractivity contribution in [1.29, 1.82) is 0 Å². The lowest BCUT2D eigenvalue weighted by Gasteiger charge is -2.09. The molecule has 0 aromatic heterocycles. The molecule has 0 spiro atoms. The number of amides is 2. The summed E-state index contributed by atoms with van der Waals surface area (Å²) in [5.74, 6) is 0.0812. The summed E-state index contributed by atoms with van der Waals surface area (Å²) in [5.41, 5.74) is 6.20. The molecule has 2 N–H and O–H groups in total. The van der Waals surface area contributed by atoms with E-state index in [1.54, 1.807) is 30.3 Å². The monoisotopic (exact) mass is 402 g/mol. The van der Waals surface area contributed by atoms with E-state index in [1.807, 2.05) is 18.2 Å². The van der Waals surface area contributed by atoms with Crippen LogP contribution >= 0.6 is 11.6 Å². The molecule has 2 rings (SSSR count). The van der Waals surface area contributed by atoms with Gasteiger partial charge in [0.1, 0.15) is 5.75 Å². The van der Waals surface area contributed by atoms with Gasteiger partial charge in [-0.25, -0.2) is 0 Å². The lowest BCUT2D eigenvalue weighted by atomic mass is 10.1.